The van der Waals surface area contributed by atoms with Crippen molar-refractivity contribution in [1.82, 2.24) is 0 Å². The molecule has 1 saturated heterocycles. The van der Waals surface area contributed by atoms with Gasteiger partial charge in [0.05, 0.1) is 5.60 Å². The molecule has 1 rings (SSSR count). The molecule has 0 saturated carbocycles. The number of thioether (sulfide) groups is 1. The van der Waals surface area contributed by atoms with E-state index in [1.165, 1.54) is 5.75 Å². The molecular weight excluding hydrogens is 132 g/mol. The second-order valence-corrected chi connectivity index (χ2v) is 4.22. The molecule has 0 N–H and O–H groups in total. The molecule has 1 aliphatic heterocycles. The van der Waals surface area contributed by atoms with Gasteiger partial charge in [-0.3, -0.25) is 0 Å². The standard InChI is InChI=1S/C7H13OS/c1-6-8-7(2,3)4-5-9-6/h4-5H2,1-3H3. The molecule has 53 valence electrons. The van der Waals surface area contributed by atoms with E-state index in [-0.39, 0.29) is 5.60 Å². The maximum absolute atomic E-state index is 5.55. The second-order valence-electron chi connectivity index (χ2n) is 2.95. The molecule has 9 heavy (non-hydrogen) atoms. The van der Waals surface area contributed by atoms with Crippen LogP contribution in [0.15, 0.2) is 0 Å². The Hall–Kier alpha value is 0.310. The Kier molecular flexibility index (Phi) is 2.07. The average Bonchev–Trinajstić information content (AvgIpc) is 1.60. The fourth-order valence-corrected chi connectivity index (χ4v) is 2.08. The van der Waals surface area contributed by atoms with Crippen molar-refractivity contribution in [1.29, 1.82) is 0 Å². The van der Waals surface area contributed by atoms with Gasteiger partial charge in [0.25, 0.3) is 0 Å². The molecule has 2 heteroatoms. The fraction of sp³-hybridized carbons (Fsp3) is 0.857. The Balaban J connectivity index is 2.41. The topological polar surface area (TPSA) is 9.23 Å². The highest BCUT2D eigenvalue weighted by Crippen LogP contribution is 2.35. The van der Waals surface area contributed by atoms with Gasteiger partial charge in [0, 0.05) is 0 Å². The van der Waals surface area contributed by atoms with E-state index in [1.807, 2.05) is 18.7 Å². The van der Waals surface area contributed by atoms with Gasteiger partial charge in [-0.1, -0.05) is 0 Å². The molecular formula is C7H13OS. The van der Waals surface area contributed by atoms with Crippen molar-refractivity contribution < 1.29 is 4.74 Å². The molecule has 1 fully saturated rings. The molecule has 0 bridgehead atoms. The molecule has 0 aromatic rings. The van der Waals surface area contributed by atoms with Crippen LogP contribution in [-0.2, 0) is 4.74 Å². The van der Waals surface area contributed by atoms with Crippen molar-refractivity contribution in [3.05, 3.63) is 5.44 Å². The molecule has 0 atom stereocenters. The first-order valence-electron chi connectivity index (χ1n) is 3.25. The molecule has 0 aliphatic carbocycles. The van der Waals surface area contributed by atoms with E-state index >= 15 is 0 Å². The summed E-state index contributed by atoms with van der Waals surface area (Å²) < 4.78 is 5.55. The summed E-state index contributed by atoms with van der Waals surface area (Å²) in [5.41, 5.74) is 1.21. The van der Waals surface area contributed by atoms with Crippen LogP contribution in [0, 0.1) is 5.44 Å². The molecule has 0 aromatic carbocycles. The van der Waals surface area contributed by atoms with E-state index < -0.39 is 0 Å². The van der Waals surface area contributed by atoms with E-state index in [0.717, 1.165) is 11.9 Å². The quantitative estimate of drug-likeness (QED) is 0.517. The van der Waals surface area contributed by atoms with Crippen molar-refractivity contribution in [3.8, 4) is 0 Å². The van der Waals surface area contributed by atoms with Crippen LogP contribution in [0.1, 0.15) is 27.2 Å². The summed E-state index contributed by atoms with van der Waals surface area (Å²) in [7, 11) is 0. The van der Waals surface area contributed by atoms with Crippen LogP contribution in [0.4, 0.5) is 0 Å². The average molecular weight is 145 g/mol. The minimum Gasteiger partial charge on any atom is -0.355 e. The molecule has 1 aliphatic rings. The lowest BCUT2D eigenvalue weighted by atomic mass is 10.1. The maximum atomic E-state index is 5.55. The van der Waals surface area contributed by atoms with Gasteiger partial charge in [0.2, 0.25) is 0 Å². The van der Waals surface area contributed by atoms with Crippen LogP contribution < -0.4 is 0 Å². The fourth-order valence-electron chi connectivity index (χ4n) is 0.910. The minimum absolute atomic E-state index is 0.0926. The van der Waals surface area contributed by atoms with E-state index in [0.29, 0.717) is 0 Å². The van der Waals surface area contributed by atoms with Gasteiger partial charge in [-0.05, 0) is 32.9 Å². The van der Waals surface area contributed by atoms with Crippen LogP contribution in [-0.4, -0.2) is 11.4 Å². The first kappa shape index (κ1) is 7.42. The Labute approximate surface area is 61.2 Å². The maximum Gasteiger partial charge on any atom is 0.149 e. The molecule has 1 nitrogen and oxygen atoms in total. The van der Waals surface area contributed by atoms with Crippen molar-refractivity contribution in [2.24, 2.45) is 0 Å². The Morgan fingerprint density at radius 2 is 2.22 bits per heavy atom. The number of hydrogen-bond acceptors (Lipinski definition) is 2. The highest BCUT2D eigenvalue weighted by atomic mass is 32.2. The third kappa shape index (κ3) is 2.18. The molecule has 1 radical (unpaired) electrons. The number of rotatable bonds is 0. The highest BCUT2D eigenvalue weighted by molar-refractivity contribution is 8.01. The molecule has 0 spiro atoms. The Morgan fingerprint density at radius 3 is 2.56 bits per heavy atom. The molecule has 0 aromatic heterocycles. The summed E-state index contributed by atoms with van der Waals surface area (Å²) in [6, 6.07) is 0. The molecule has 0 amide bonds. The van der Waals surface area contributed by atoms with Crippen LogP contribution in [0.5, 0.6) is 0 Å². The Bertz CT molecular complexity index is 101. The normalized spacial score (nSPS) is 28.3. The molecule has 0 unspecified atom stereocenters. The zero-order valence-electron chi connectivity index (χ0n) is 6.23. The lowest BCUT2D eigenvalue weighted by molar-refractivity contribution is 0.0108. The van der Waals surface area contributed by atoms with E-state index in [2.05, 4.69) is 13.8 Å². The third-order valence-electron chi connectivity index (χ3n) is 1.43. The van der Waals surface area contributed by atoms with Crippen LogP contribution in [0.25, 0.3) is 0 Å². The van der Waals surface area contributed by atoms with Crippen molar-refractivity contribution in [2.45, 2.75) is 32.8 Å². The summed E-state index contributed by atoms with van der Waals surface area (Å²) in [6.45, 7) is 6.30. The lowest BCUT2D eigenvalue weighted by Crippen LogP contribution is -2.29. The summed E-state index contributed by atoms with van der Waals surface area (Å²) in [5.74, 6) is 1.21. The van der Waals surface area contributed by atoms with Gasteiger partial charge in [-0.15, -0.1) is 11.8 Å². The highest BCUT2D eigenvalue weighted by Gasteiger charge is 2.26. The summed E-state index contributed by atoms with van der Waals surface area (Å²) in [4.78, 5) is 0. The minimum atomic E-state index is 0.0926. The largest absolute Gasteiger partial charge is 0.355 e. The summed E-state index contributed by atoms with van der Waals surface area (Å²) in [6.07, 6.45) is 1.16. The van der Waals surface area contributed by atoms with Crippen LogP contribution in [0.2, 0.25) is 0 Å². The first-order chi connectivity index (χ1) is 4.10. The zero-order valence-corrected chi connectivity index (χ0v) is 7.05. The number of hydrogen-bond donors (Lipinski definition) is 0. The monoisotopic (exact) mass is 145 g/mol. The van der Waals surface area contributed by atoms with Gasteiger partial charge in [0.1, 0.15) is 5.44 Å². The molecule has 1 heterocycles. The van der Waals surface area contributed by atoms with E-state index in [9.17, 15) is 0 Å². The van der Waals surface area contributed by atoms with Gasteiger partial charge in [-0.2, -0.15) is 0 Å². The predicted octanol–water partition coefficient (Wildman–Crippen LogP) is 2.43. The van der Waals surface area contributed by atoms with Gasteiger partial charge < -0.3 is 4.74 Å². The van der Waals surface area contributed by atoms with Crippen LogP contribution >= 0.6 is 11.8 Å². The lowest BCUT2D eigenvalue weighted by Gasteiger charge is -2.32. The number of ether oxygens (including phenoxy) is 1. The summed E-state index contributed by atoms with van der Waals surface area (Å²) >= 11 is 1.81. The van der Waals surface area contributed by atoms with Gasteiger partial charge >= 0.3 is 0 Å². The van der Waals surface area contributed by atoms with Crippen molar-refractivity contribution in [2.75, 3.05) is 5.75 Å². The van der Waals surface area contributed by atoms with Gasteiger partial charge in [0.15, 0.2) is 0 Å². The Morgan fingerprint density at radius 1 is 1.56 bits per heavy atom. The SMILES string of the molecule is C[C]1OC(C)(C)CCS1. The first-order valence-corrected chi connectivity index (χ1v) is 4.24. The van der Waals surface area contributed by atoms with Crippen molar-refractivity contribution in [3.63, 3.8) is 0 Å². The van der Waals surface area contributed by atoms with E-state index in [1.54, 1.807) is 0 Å². The summed E-state index contributed by atoms with van der Waals surface area (Å²) in [5, 5.41) is 0. The van der Waals surface area contributed by atoms with Crippen molar-refractivity contribution >= 4 is 11.8 Å². The second kappa shape index (κ2) is 2.51. The van der Waals surface area contributed by atoms with Crippen LogP contribution in [0.3, 0.4) is 0 Å². The van der Waals surface area contributed by atoms with Gasteiger partial charge in [-0.25, -0.2) is 0 Å². The smallest absolute Gasteiger partial charge is 0.149 e. The van der Waals surface area contributed by atoms with E-state index in [4.69, 9.17) is 4.74 Å². The third-order valence-corrected chi connectivity index (χ3v) is 2.33. The predicted molar refractivity (Wildman–Crippen MR) is 41.2 cm³/mol. The zero-order chi connectivity index (χ0) is 6.91.